The Bertz CT molecular complexity index is 1060. The molecule has 2 atom stereocenters. The zero-order chi connectivity index (χ0) is 22.9. The van der Waals surface area contributed by atoms with Gasteiger partial charge in [-0.15, -0.1) is 13.2 Å². The molecule has 3 rings (SSSR count). The van der Waals surface area contributed by atoms with Crippen LogP contribution < -0.4 is 30.9 Å². The molecule has 1 aliphatic rings. The van der Waals surface area contributed by atoms with Crippen molar-refractivity contribution in [1.29, 1.82) is 0 Å². The van der Waals surface area contributed by atoms with E-state index in [0.29, 0.717) is 18.8 Å². The van der Waals surface area contributed by atoms with Crippen LogP contribution in [0.15, 0.2) is 33.9 Å². The number of alkyl halides is 3. The molecule has 8 nitrogen and oxygen atoms in total. The number of ether oxygens (including phenoxy) is 2. The normalized spacial score (nSPS) is 16.6. The Morgan fingerprint density at radius 3 is 2.48 bits per heavy atom. The zero-order valence-electron chi connectivity index (χ0n) is 17.7. The van der Waals surface area contributed by atoms with E-state index in [4.69, 9.17) is 4.74 Å². The van der Waals surface area contributed by atoms with Crippen molar-refractivity contribution >= 4 is 11.5 Å². The van der Waals surface area contributed by atoms with E-state index in [1.54, 1.807) is 14.0 Å². The number of anilines is 2. The first kappa shape index (κ1) is 22.6. The van der Waals surface area contributed by atoms with E-state index >= 15 is 0 Å². The number of benzene rings is 1. The Kier molecular flexibility index (Phi) is 6.23. The van der Waals surface area contributed by atoms with Crippen molar-refractivity contribution in [3.63, 3.8) is 0 Å². The number of hydrogen-bond acceptors (Lipinski definition) is 6. The fraction of sp³-hybridized carbons (Fsp3) is 0.500. The summed E-state index contributed by atoms with van der Waals surface area (Å²) in [4.78, 5) is 27.6. The molecule has 0 bridgehead atoms. The standard InChI is InChI=1S/C20H25F3N4O4/c1-5-8-12(3)27-17(28)15-16(26(6-2)19(27)29)24-18(25(15)4)30-13-9-7-10-14(11-13)31-20(21,22)23/h7,9-12,18,24H,5-6,8H2,1-4H3/t12-,18?/m0/s1. The van der Waals surface area contributed by atoms with Crippen molar-refractivity contribution in [2.24, 2.45) is 0 Å². The minimum Gasteiger partial charge on any atom is -0.452 e. The maximum Gasteiger partial charge on any atom is 0.573 e. The summed E-state index contributed by atoms with van der Waals surface area (Å²) in [6.45, 7) is 5.90. The van der Waals surface area contributed by atoms with Crippen LogP contribution in [-0.4, -0.2) is 28.9 Å². The van der Waals surface area contributed by atoms with Gasteiger partial charge in [-0.05, 0) is 32.4 Å². The van der Waals surface area contributed by atoms with Gasteiger partial charge in [-0.25, -0.2) is 4.79 Å². The van der Waals surface area contributed by atoms with Gasteiger partial charge in [-0.2, -0.15) is 0 Å². The summed E-state index contributed by atoms with van der Waals surface area (Å²) >= 11 is 0. The molecule has 1 aromatic heterocycles. The van der Waals surface area contributed by atoms with Crippen LogP contribution in [0.5, 0.6) is 11.5 Å². The average Bonchev–Trinajstić information content (AvgIpc) is 2.97. The molecule has 0 spiro atoms. The fourth-order valence-electron chi connectivity index (χ4n) is 3.66. The van der Waals surface area contributed by atoms with Crippen LogP contribution in [0.2, 0.25) is 0 Å². The minimum absolute atomic E-state index is 0.101. The molecule has 0 radical (unpaired) electrons. The first-order valence-corrected chi connectivity index (χ1v) is 9.98. The van der Waals surface area contributed by atoms with Crippen molar-refractivity contribution in [2.75, 3.05) is 17.3 Å². The van der Waals surface area contributed by atoms with Gasteiger partial charge in [0.15, 0.2) is 0 Å². The van der Waals surface area contributed by atoms with E-state index in [1.165, 1.54) is 26.2 Å². The van der Waals surface area contributed by atoms with Gasteiger partial charge in [-0.3, -0.25) is 13.9 Å². The predicted molar refractivity (Wildman–Crippen MR) is 110 cm³/mol. The molecule has 0 saturated carbocycles. The third-order valence-corrected chi connectivity index (χ3v) is 5.07. The lowest BCUT2D eigenvalue weighted by Crippen LogP contribution is -2.43. The molecule has 31 heavy (non-hydrogen) atoms. The Balaban J connectivity index is 1.95. The molecular weight excluding hydrogens is 417 g/mol. The number of hydrogen-bond donors (Lipinski definition) is 1. The van der Waals surface area contributed by atoms with Gasteiger partial charge >= 0.3 is 12.1 Å². The van der Waals surface area contributed by atoms with Crippen LogP contribution in [0.4, 0.5) is 24.7 Å². The molecule has 0 saturated heterocycles. The second-order valence-corrected chi connectivity index (χ2v) is 7.29. The van der Waals surface area contributed by atoms with Gasteiger partial charge in [0.25, 0.3) is 11.9 Å². The summed E-state index contributed by atoms with van der Waals surface area (Å²) in [7, 11) is 1.61. The van der Waals surface area contributed by atoms with Crippen LogP contribution in [0.3, 0.4) is 0 Å². The van der Waals surface area contributed by atoms with Crippen LogP contribution in [0.25, 0.3) is 0 Å². The summed E-state index contributed by atoms with van der Waals surface area (Å²) in [5.74, 6) is -0.0130. The second kappa shape index (κ2) is 8.56. The first-order valence-electron chi connectivity index (χ1n) is 9.98. The fourth-order valence-corrected chi connectivity index (χ4v) is 3.66. The Morgan fingerprint density at radius 1 is 1.19 bits per heavy atom. The van der Waals surface area contributed by atoms with E-state index in [9.17, 15) is 22.8 Å². The van der Waals surface area contributed by atoms with Gasteiger partial charge in [-0.1, -0.05) is 19.4 Å². The van der Waals surface area contributed by atoms with Gasteiger partial charge in [0.1, 0.15) is 23.0 Å². The SMILES string of the molecule is CCC[C@H](C)n1c(=O)c2c(n(CC)c1=O)NC(Oc1cccc(OC(F)(F)F)c1)N2C. The van der Waals surface area contributed by atoms with Gasteiger partial charge in [0.05, 0.1) is 0 Å². The van der Waals surface area contributed by atoms with Gasteiger partial charge in [0.2, 0.25) is 0 Å². The quantitative estimate of drug-likeness (QED) is 0.707. The Hall–Kier alpha value is -3.11. The van der Waals surface area contributed by atoms with E-state index in [1.807, 2.05) is 13.8 Å². The Morgan fingerprint density at radius 2 is 1.87 bits per heavy atom. The summed E-state index contributed by atoms with van der Waals surface area (Å²) < 4.78 is 49.9. The summed E-state index contributed by atoms with van der Waals surface area (Å²) in [5.41, 5.74) is -0.604. The van der Waals surface area contributed by atoms with Crippen molar-refractivity contribution in [2.45, 2.75) is 58.9 Å². The third-order valence-electron chi connectivity index (χ3n) is 5.07. The molecule has 2 heterocycles. The van der Waals surface area contributed by atoms with Gasteiger partial charge < -0.3 is 19.7 Å². The highest BCUT2D eigenvalue weighted by Gasteiger charge is 2.35. The maximum atomic E-state index is 13.2. The molecule has 0 amide bonds. The predicted octanol–water partition coefficient (Wildman–Crippen LogP) is 3.51. The second-order valence-electron chi connectivity index (χ2n) is 7.29. The van der Waals surface area contributed by atoms with Gasteiger partial charge in [0, 0.05) is 25.7 Å². The Labute approximate surface area is 176 Å². The average molecular weight is 442 g/mol. The van der Waals surface area contributed by atoms with E-state index < -0.39 is 29.7 Å². The number of nitrogens with one attached hydrogen (secondary N) is 1. The summed E-state index contributed by atoms with van der Waals surface area (Å²) in [6, 6.07) is 4.80. The molecule has 0 aliphatic carbocycles. The smallest absolute Gasteiger partial charge is 0.452 e. The summed E-state index contributed by atoms with van der Waals surface area (Å²) in [5, 5.41) is 2.99. The molecule has 1 aromatic carbocycles. The molecule has 1 aliphatic heterocycles. The van der Waals surface area contributed by atoms with Crippen LogP contribution >= 0.6 is 0 Å². The van der Waals surface area contributed by atoms with Crippen molar-refractivity contribution in [3.05, 3.63) is 45.1 Å². The lowest BCUT2D eigenvalue weighted by molar-refractivity contribution is -0.274. The van der Waals surface area contributed by atoms with Crippen molar-refractivity contribution < 1.29 is 22.6 Å². The molecule has 0 fully saturated rings. The highest BCUT2D eigenvalue weighted by atomic mass is 19.4. The lowest BCUT2D eigenvalue weighted by atomic mass is 10.2. The zero-order valence-corrected chi connectivity index (χ0v) is 17.7. The number of halogens is 3. The molecule has 11 heteroatoms. The topological polar surface area (TPSA) is 77.7 Å². The highest BCUT2D eigenvalue weighted by molar-refractivity contribution is 5.71. The minimum atomic E-state index is -4.82. The van der Waals surface area contributed by atoms with E-state index in [-0.39, 0.29) is 17.5 Å². The van der Waals surface area contributed by atoms with Crippen LogP contribution in [-0.2, 0) is 6.54 Å². The molecule has 2 aromatic rings. The van der Waals surface area contributed by atoms with E-state index in [0.717, 1.165) is 18.6 Å². The molecule has 1 N–H and O–H groups in total. The monoisotopic (exact) mass is 442 g/mol. The first-order chi connectivity index (χ1) is 14.6. The number of fused-ring (bicyclic) bond motifs is 1. The molecule has 170 valence electrons. The highest BCUT2D eigenvalue weighted by Crippen LogP contribution is 2.32. The number of rotatable bonds is 7. The lowest BCUT2D eigenvalue weighted by Gasteiger charge is -2.23. The maximum absolute atomic E-state index is 13.2. The summed E-state index contributed by atoms with van der Waals surface area (Å²) in [6.07, 6.45) is -4.25. The third kappa shape index (κ3) is 4.49. The van der Waals surface area contributed by atoms with Crippen LogP contribution in [0.1, 0.15) is 39.7 Å². The number of aromatic nitrogens is 2. The molecular formula is C20H25F3N4O4. The van der Waals surface area contributed by atoms with E-state index in [2.05, 4.69) is 10.1 Å². The molecule has 1 unspecified atom stereocenters. The van der Waals surface area contributed by atoms with Crippen LogP contribution in [0, 0.1) is 0 Å². The largest absolute Gasteiger partial charge is 0.573 e. The van der Waals surface area contributed by atoms with Crippen molar-refractivity contribution in [3.8, 4) is 11.5 Å². The number of nitrogens with zero attached hydrogens (tertiary/aromatic N) is 3. The van der Waals surface area contributed by atoms with Crippen molar-refractivity contribution in [1.82, 2.24) is 9.13 Å².